The van der Waals surface area contributed by atoms with Crippen LogP contribution >= 0.6 is 0 Å². The maximum Gasteiger partial charge on any atom is 0.306 e. The molecule has 0 bridgehead atoms. The van der Waals surface area contributed by atoms with Crippen LogP contribution in [0.5, 0.6) is 0 Å². The first-order valence-electron chi connectivity index (χ1n) is 15.0. The van der Waals surface area contributed by atoms with E-state index in [0.717, 1.165) is 51.4 Å². The summed E-state index contributed by atoms with van der Waals surface area (Å²) in [4.78, 5) is 12.5. The van der Waals surface area contributed by atoms with Crippen LogP contribution in [0, 0.1) is 0 Å². The molecule has 2 saturated heterocycles. The summed E-state index contributed by atoms with van der Waals surface area (Å²) in [6, 6.07) is 0. The average molecular weight is 603 g/mol. The topological polar surface area (TPSA) is 196 Å². The van der Waals surface area contributed by atoms with Gasteiger partial charge in [-0.2, -0.15) is 0 Å². The largest absolute Gasteiger partial charge is 0.456 e. The van der Waals surface area contributed by atoms with Gasteiger partial charge in [-0.3, -0.25) is 4.79 Å². The highest BCUT2D eigenvalue weighted by Gasteiger charge is 2.51. The molecule has 7 N–H and O–H groups in total. The normalized spacial score (nSPS) is 34.1. The lowest BCUT2D eigenvalue weighted by molar-refractivity contribution is -0.355. The predicted molar refractivity (Wildman–Crippen MR) is 152 cm³/mol. The molecule has 2 rings (SSSR count). The molecule has 0 aromatic carbocycles. The van der Waals surface area contributed by atoms with E-state index in [1.807, 2.05) is 0 Å². The number of carbonyl (C=O) groups excluding carboxylic acids is 1. The summed E-state index contributed by atoms with van der Waals surface area (Å²) in [6.07, 6.45) is 5.68. The quantitative estimate of drug-likeness (QED) is 0.0662. The van der Waals surface area contributed by atoms with E-state index in [0.29, 0.717) is 6.42 Å². The van der Waals surface area contributed by atoms with E-state index in [2.05, 4.69) is 43.4 Å². The van der Waals surface area contributed by atoms with Crippen LogP contribution in [0.4, 0.5) is 0 Å². The number of ether oxygens (including phenoxy) is 4. The summed E-state index contributed by atoms with van der Waals surface area (Å²) in [7, 11) is 0. The van der Waals surface area contributed by atoms with Crippen LogP contribution in [-0.4, -0.2) is 116 Å². The molecule has 2 heterocycles. The fraction of sp³-hybridized carbons (Fsp3) is 0.767. The van der Waals surface area contributed by atoms with Crippen molar-refractivity contribution in [3.8, 4) is 0 Å². The Morgan fingerprint density at radius 2 is 1.31 bits per heavy atom. The van der Waals surface area contributed by atoms with Gasteiger partial charge < -0.3 is 54.7 Å². The number of hydrogen-bond acceptors (Lipinski definition) is 12. The molecule has 42 heavy (non-hydrogen) atoms. The van der Waals surface area contributed by atoms with E-state index in [4.69, 9.17) is 18.9 Å². The summed E-state index contributed by atoms with van der Waals surface area (Å²) in [5.74, 6) is -0.649. The van der Waals surface area contributed by atoms with Crippen molar-refractivity contribution in [2.45, 2.75) is 133 Å². The van der Waals surface area contributed by atoms with Gasteiger partial charge in [-0.05, 0) is 38.5 Å². The maximum atomic E-state index is 12.5. The van der Waals surface area contributed by atoms with Gasteiger partial charge in [-0.25, -0.2) is 0 Å². The molecule has 0 aromatic rings. The minimum absolute atomic E-state index is 0.0671. The number of unbranched alkanes of at least 4 members (excludes halogenated alkanes) is 5. The van der Waals surface area contributed by atoms with Gasteiger partial charge in [-0.15, -0.1) is 0 Å². The second kappa shape index (κ2) is 20.3. The van der Waals surface area contributed by atoms with Crippen LogP contribution in [0.15, 0.2) is 36.5 Å². The molecule has 242 valence electrons. The molecular formula is C30H50O12. The zero-order chi connectivity index (χ0) is 30.9. The Morgan fingerprint density at radius 3 is 1.98 bits per heavy atom. The van der Waals surface area contributed by atoms with Gasteiger partial charge in [0.25, 0.3) is 0 Å². The fourth-order valence-corrected chi connectivity index (χ4v) is 4.79. The summed E-state index contributed by atoms with van der Waals surface area (Å²) in [6.45, 7) is 0.716. The first kappa shape index (κ1) is 36.5. The number of aliphatic hydroxyl groups excluding tert-OH is 7. The van der Waals surface area contributed by atoms with E-state index in [1.54, 1.807) is 0 Å². The minimum Gasteiger partial charge on any atom is -0.456 e. The van der Waals surface area contributed by atoms with Crippen LogP contribution in [0.3, 0.4) is 0 Å². The Labute approximate surface area is 247 Å². The Morgan fingerprint density at radius 1 is 0.690 bits per heavy atom. The van der Waals surface area contributed by atoms with Gasteiger partial charge in [0.1, 0.15) is 42.7 Å². The highest BCUT2D eigenvalue weighted by Crippen LogP contribution is 2.30. The van der Waals surface area contributed by atoms with Gasteiger partial charge in [0.2, 0.25) is 0 Å². The van der Waals surface area contributed by atoms with Crippen molar-refractivity contribution in [2.24, 2.45) is 0 Å². The highest BCUT2D eigenvalue weighted by molar-refractivity contribution is 5.69. The van der Waals surface area contributed by atoms with Crippen LogP contribution in [-0.2, 0) is 23.7 Å². The van der Waals surface area contributed by atoms with Crippen LogP contribution in [0.25, 0.3) is 0 Å². The zero-order valence-corrected chi connectivity index (χ0v) is 24.4. The molecule has 0 aromatic heterocycles. The average Bonchev–Trinajstić information content (AvgIpc) is 2.98. The maximum absolute atomic E-state index is 12.5. The molecule has 0 amide bonds. The van der Waals surface area contributed by atoms with E-state index >= 15 is 0 Å². The predicted octanol–water partition coefficient (Wildman–Crippen LogP) is 0.743. The number of aliphatic hydroxyl groups is 7. The minimum atomic E-state index is -1.78. The van der Waals surface area contributed by atoms with Crippen molar-refractivity contribution in [2.75, 3.05) is 13.2 Å². The molecule has 12 heteroatoms. The van der Waals surface area contributed by atoms with E-state index in [9.17, 15) is 40.5 Å². The smallest absolute Gasteiger partial charge is 0.306 e. The Hall–Kier alpha value is -1.71. The lowest BCUT2D eigenvalue weighted by Crippen LogP contribution is -2.65. The Balaban J connectivity index is 1.73. The van der Waals surface area contributed by atoms with Crippen LogP contribution in [0.2, 0.25) is 0 Å². The molecule has 2 aliphatic heterocycles. The Bertz CT molecular complexity index is 831. The molecule has 2 fully saturated rings. The van der Waals surface area contributed by atoms with Crippen molar-refractivity contribution in [1.29, 1.82) is 0 Å². The van der Waals surface area contributed by atoms with E-state index < -0.39 is 80.6 Å². The summed E-state index contributed by atoms with van der Waals surface area (Å²) >= 11 is 0. The van der Waals surface area contributed by atoms with Gasteiger partial charge in [0.15, 0.2) is 18.7 Å². The summed E-state index contributed by atoms with van der Waals surface area (Å²) < 4.78 is 21.3. The van der Waals surface area contributed by atoms with Crippen molar-refractivity contribution in [3.63, 3.8) is 0 Å². The molecule has 10 atom stereocenters. The number of allylic oxidation sites excluding steroid dienone is 6. The molecule has 0 saturated carbocycles. The monoisotopic (exact) mass is 602 g/mol. The standard InChI is InChI=1S/C30H50O12/c1-2-3-4-5-6-7-8-9-10-11-12-13-14-15-16-17-22(33)41-28-23(34)20(18-31)40-30(26(28)37)42-27-21(19-32)39-29(38)25(36)24(27)35/h3-4,6-7,9-10,20-21,23-32,34-38H,2,5,8,11-19H2,1H3/t20-,21-,23-,24-,25-,26-,27-,28+,29-,30-/m1/s1. The zero-order valence-electron chi connectivity index (χ0n) is 24.4. The lowest BCUT2D eigenvalue weighted by atomic mass is 9.97. The van der Waals surface area contributed by atoms with Gasteiger partial charge in [0, 0.05) is 6.42 Å². The molecule has 2 aliphatic rings. The second-order valence-electron chi connectivity index (χ2n) is 10.6. The number of rotatable bonds is 18. The fourth-order valence-electron chi connectivity index (χ4n) is 4.79. The summed E-state index contributed by atoms with van der Waals surface area (Å²) in [5, 5.41) is 70.4. The van der Waals surface area contributed by atoms with Crippen molar-refractivity contribution >= 4 is 5.97 Å². The number of carbonyl (C=O) groups is 1. The summed E-state index contributed by atoms with van der Waals surface area (Å²) in [5.41, 5.74) is 0. The van der Waals surface area contributed by atoms with Gasteiger partial charge >= 0.3 is 5.97 Å². The SMILES string of the molecule is CCC=CCC=CCC=CCCCCCCCC(=O)O[C@@H]1[C@@H](O)[C@@H](O[C@H]2[C@H](O)[C@@H](O)[C@H](O)O[C@@H]2CO)O[C@H](CO)[C@H]1O. The van der Waals surface area contributed by atoms with E-state index in [-0.39, 0.29) is 6.42 Å². The third kappa shape index (κ3) is 11.8. The molecule has 0 spiro atoms. The van der Waals surface area contributed by atoms with Gasteiger partial charge in [-0.1, -0.05) is 62.6 Å². The first-order valence-corrected chi connectivity index (χ1v) is 15.0. The van der Waals surface area contributed by atoms with Crippen molar-refractivity contribution in [3.05, 3.63) is 36.5 Å². The van der Waals surface area contributed by atoms with Crippen LogP contribution < -0.4 is 0 Å². The molecule has 12 nitrogen and oxygen atoms in total. The molecule has 0 unspecified atom stereocenters. The lowest BCUT2D eigenvalue weighted by Gasteiger charge is -2.45. The third-order valence-corrected chi connectivity index (χ3v) is 7.25. The molecular weight excluding hydrogens is 552 g/mol. The Kier molecular flexibility index (Phi) is 17.6. The third-order valence-electron chi connectivity index (χ3n) is 7.25. The molecule has 0 radical (unpaired) electrons. The van der Waals surface area contributed by atoms with Crippen LogP contribution in [0.1, 0.15) is 71.1 Å². The molecule has 0 aliphatic carbocycles. The van der Waals surface area contributed by atoms with Crippen molar-refractivity contribution < 1.29 is 59.5 Å². The van der Waals surface area contributed by atoms with Gasteiger partial charge in [0.05, 0.1) is 13.2 Å². The van der Waals surface area contributed by atoms with Crippen molar-refractivity contribution in [1.82, 2.24) is 0 Å². The van der Waals surface area contributed by atoms with E-state index in [1.165, 1.54) is 0 Å². The number of hydrogen-bond donors (Lipinski definition) is 7. The number of esters is 1. The first-order chi connectivity index (χ1) is 20.2. The highest BCUT2D eigenvalue weighted by atomic mass is 16.7. The second-order valence-corrected chi connectivity index (χ2v) is 10.6.